The summed E-state index contributed by atoms with van der Waals surface area (Å²) in [6, 6.07) is 16.1. The zero-order valence-corrected chi connectivity index (χ0v) is 14.9. The molecule has 142 valence electrons. The highest BCUT2D eigenvalue weighted by Crippen LogP contribution is 2.30. The van der Waals surface area contributed by atoms with Crippen LogP contribution in [0.25, 0.3) is 10.9 Å². The minimum atomic E-state index is -4.35. The Morgan fingerprint density at radius 2 is 1.68 bits per heavy atom. The lowest BCUT2D eigenvalue weighted by molar-refractivity contribution is -0.137. The van der Waals surface area contributed by atoms with E-state index in [-0.39, 0.29) is 0 Å². The number of aryl methyl sites for hydroxylation is 1. The number of benzene rings is 2. The van der Waals surface area contributed by atoms with E-state index in [4.69, 9.17) is 4.74 Å². The zero-order chi connectivity index (χ0) is 19.7. The number of aromatic nitrogens is 2. The average molecular weight is 383 g/mol. The standard InChI is InChI=1S/C21H16F3N3O/c1-27-11-10-14-12-18(7-8-19(14)27)28-20-9-6-17(13-25-20)26-16-4-2-15(3-5-16)21(22,23)24/h2-13,26H,1H3. The van der Waals surface area contributed by atoms with E-state index in [1.54, 1.807) is 18.3 Å². The lowest BCUT2D eigenvalue weighted by Gasteiger charge is -2.10. The van der Waals surface area contributed by atoms with Crippen molar-refractivity contribution in [3.8, 4) is 11.6 Å². The van der Waals surface area contributed by atoms with E-state index in [9.17, 15) is 13.2 Å². The molecule has 0 bridgehead atoms. The Bertz CT molecular complexity index is 1100. The van der Waals surface area contributed by atoms with Gasteiger partial charge in [0.15, 0.2) is 0 Å². The molecule has 4 rings (SSSR count). The highest BCUT2D eigenvalue weighted by Gasteiger charge is 2.29. The van der Waals surface area contributed by atoms with E-state index in [1.165, 1.54) is 12.1 Å². The fourth-order valence-corrected chi connectivity index (χ4v) is 2.87. The SMILES string of the molecule is Cn1ccc2cc(Oc3ccc(Nc4ccc(C(F)(F)F)cc4)cn3)ccc21. The first-order chi connectivity index (χ1) is 13.4. The molecule has 4 nitrogen and oxygen atoms in total. The number of fused-ring (bicyclic) bond motifs is 1. The molecular formula is C21H16F3N3O. The van der Waals surface area contributed by atoms with Gasteiger partial charge in [-0.05, 0) is 54.6 Å². The summed E-state index contributed by atoms with van der Waals surface area (Å²) in [7, 11) is 1.98. The lowest BCUT2D eigenvalue weighted by atomic mass is 10.2. The van der Waals surface area contributed by atoms with Gasteiger partial charge in [0.1, 0.15) is 5.75 Å². The monoisotopic (exact) mass is 383 g/mol. The summed E-state index contributed by atoms with van der Waals surface area (Å²) < 4.78 is 45.6. The molecule has 0 aliphatic heterocycles. The maximum atomic E-state index is 12.6. The van der Waals surface area contributed by atoms with Crippen molar-refractivity contribution in [1.82, 2.24) is 9.55 Å². The van der Waals surface area contributed by atoms with Crippen LogP contribution in [0.3, 0.4) is 0 Å². The lowest BCUT2D eigenvalue weighted by Crippen LogP contribution is -2.04. The maximum Gasteiger partial charge on any atom is 0.416 e. The first-order valence-electron chi connectivity index (χ1n) is 8.52. The van der Waals surface area contributed by atoms with Gasteiger partial charge in [-0.15, -0.1) is 0 Å². The van der Waals surface area contributed by atoms with Gasteiger partial charge >= 0.3 is 6.18 Å². The number of nitrogens with zero attached hydrogens (tertiary/aromatic N) is 2. The Labute approximate surface area is 159 Å². The minimum absolute atomic E-state index is 0.424. The number of nitrogens with one attached hydrogen (secondary N) is 1. The van der Waals surface area contributed by atoms with Crippen LogP contribution < -0.4 is 10.1 Å². The summed E-state index contributed by atoms with van der Waals surface area (Å²) in [5.41, 5.74) is 1.61. The van der Waals surface area contributed by atoms with Gasteiger partial charge < -0.3 is 14.6 Å². The molecule has 2 heterocycles. The Balaban J connectivity index is 1.44. The van der Waals surface area contributed by atoms with Gasteiger partial charge in [0.25, 0.3) is 0 Å². The van der Waals surface area contributed by atoms with E-state index < -0.39 is 11.7 Å². The molecule has 1 N–H and O–H groups in total. The number of anilines is 2. The number of pyridine rings is 1. The van der Waals surface area contributed by atoms with Gasteiger partial charge in [0.2, 0.25) is 5.88 Å². The summed E-state index contributed by atoms with van der Waals surface area (Å²) in [5.74, 6) is 1.10. The van der Waals surface area contributed by atoms with Gasteiger partial charge in [-0.25, -0.2) is 4.98 Å². The number of hydrogen-bond donors (Lipinski definition) is 1. The molecule has 0 unspecified atom stereocenters. The molecule has 0 radical (unpaired) electrons. The van der Waals surface area contributed by atoms with Gasteiger partial charge in [-0.2, -0.15) is 13.2 Å². The van der Waals surface area contributed by atoms with Crippen LogP contribution in [0.4, 0.5) is 24.5 Å². The molecule has 0 aliphatic carbocycles. The minimum Gasteiger partial charge on any atom is -0.439 e. The normalized spacial score (nSPS) is 11.6. The van der Waals surface area contributed by atoms with Crippen LogP contribution in [0.2, 0.25) is 0 Å². The second kappa shape index (κ2) is 6.92. The molecule has 0 fully saturated rings. The third-order valence-corrected chi connectivity index (χ3v) is 4.32. The molecule has 0 aliphatic rings. The topological polar surface area (TPSA) is 39.1 Å². The van der Waals surface area contributed by atoms with Crippen LogP contribution >= 0.6 is 0 Å². The van der Waals surface area contributed by atoms with Crippen molar-refractivity contribution in [3.05, 3.63) is 78.6 Å². The Kier molecular flexibility index (Phi) is 4.43. The number of hydrogen-bond acceptors (Lipinski definition) is 3. The predicted molar refractivity (Wildman–Crippen MR) is 102 cm³/mol. The van der Waals surface area contributed by atoms with Crippen LogP contribution in [0, 0.1) is 0 Å². The number of ether oxygens (including phenoxy) is 1. The molecule has 0 spiro atoms. The van der Waals surface area contributed by atoms with Gasteiger partial charge in [0.05, 0.1) is 17.4 Å². The van der Waals surface area contributed by atoms with Crippen LogP contribution in [0.1, 0.15) is 5.56 Å². The molecule has 2 aromatic carbocycles. The molecule has 0 atom stereocenters. The first-order valence-corrected chi connectivity index (χ1v) is 8.52. The molecular weight excluding hydrogens is 367 g/mol. The smallest absolute Gasteiger partial charge is 0.416 e. The van der Waals surface area contributed by atoms with Crippen molar-refractivity contribution in [3.63, 3.8) is 0 Å². The Hall–Kier alpha value is -3.48. The number of alkyl halides is 3. The highest BCUT2D eigenvalue weighted by molar-refractivity contribution is 5.81. The van der Waals surface area contributed by atoms with Crippen molar-refractivity contribution in [2.45, 2.75) is 6.18 Å². The summed E-state index contributed by atoms with van der Waals surface area (Å²) >= 11 is 0. The second-order valence-corrected chi connectivity index (χ2v) is 6.33. The molecule has 2 aromatic heterocycles. The number of rotatable bonds is 4. The van der Waals surface area contributed by atoms with Crippen LogP contribution in [-0.2, 0) is 13.2 Å². The van der Waals surface area contributed by atoms with Gasteiger partial charge in [-0.3, -0.25) is 0 Å². The second-order valence-electron chi connectivity index (χ2n) is 6.33. The highest BCUT2D eigenvalue weighted by atomic mass is 19.4. The van der Waals surface area contributed by atoms with Crippen molar-refractivity contribution >= 4 is 22.3 Å². The Morgan fingerprint density at radius 1 is 0.929 bits per heavy atom. The summed E-state index contributed by atoms with van der Waals surface area (Å²) in [4.78, 5) is 4.24. The van der Waals surface area contributed by atoms with Crippen LogP contribution in [0.5, 0.6) is 11.6 Å². The van der Waals surface area contributed by atoms with E-state index >= 15 is 0 Å². The Morgan fingerprint density at radius 3 is 2.36 bits per heavy atom. The van der Waals surface area contributed by atoms with Crippen LogP contribution in [-0.4, -0.2) is 9.55 Å². The fraction of sp³-hybridized carbons (Fsp3) is 0.0952. The van der Waals surface area contributed by atoms with Crippen molar-refractivity contribution in [1.29, 1.82) is 0 Å². The van der Waals surface area contributed by atoms with Gasteiger partial charge in [-0.1, -0.05) is 0 Å². The largest absolute Gasteiger partial charge is 0.439 e. The van der Waals surface area contributed by atoms with E-state index in [1.807, 2.05) is 42.1 Å². The molecule has 0 saturated heterocycles. The van der Waals surface area contributed by atoms with E-state index in [2.05, 4.69) is 10.3 Å². The van der Waals surface area contributed by atoms with Gasteiger partial charge in [0, 0.05) is 35.9 Å². The average Bonchev–Trinajstić information content (AvgIpc) is 3.03. The summed E-state index contributed by atoms with van der Waals surface area (Å²) in [5, 5.41) is 4.08. The van der Waals surface area contributed by atoms with Crippen LogP contribution in [0.15, 0.2) is 73.1 Å². The van der Waals surface area contributed by atoms with Crippen molar-refractivity contribution < 1.29 is 17.9 Å². The quantitative estimate of drug-likeness (QED) is 0.461. The number of halogens is 3. The van der Waals surface area contributed by atoms with E-state index in [0.717, 1.165) is 23.0 Å². The molecule has 4 aromatic rings. The molecule has 0 saturated carbocycles. The molecule has 0 amide bonds. The third kappa shape index (κ3) is 3.78. The zero-order valence-electron chi connectivity index (χ0n) is 14.9. The van der Waals surface area contributed by atoms with Crippen molar-refractivity contribution in [2.24, 2.45) is 7.05 Å². The fourth-order valence-electron chi connectivity index (χ4n) is 2.87. The van der Waals surface area contributed by atoms with Crippen molar-refractivity contribution in [2.75, 3.05) is 5.32 Å². The summed E-state index contributed by atoms with van der Waals surface area (Å²) in [6.45, 7) is 0. The molecule has 7 heteroatoms. The summed E-state index contributed by atoms with van der Waals surface area (Å²) in [6.07, 6.45) is -0.801. The molecule has 28 heavy (non-hydrogen) atoms. The predicted octanol–water partition coefficient (Wildman–Crippen LogP) is 6.13. The maximum absolute atomic E-state index is 12.6. The first kappa shape index (κ1) is 17.9. The van der Waals surface area contributed by atoms with E-state index in [0.29, 0.717) is 23.0 Å². The third-order valence-electron chi connectivity index (χ3n) is 4.32.